The van der Waals surface area contributed by atoms with Gasteiger partial charge in [-0.25, -0.2) is 14.6 Å². The molecule has 9 nitrogen and oxygen atoms in total. The number of amides is 1. The Kier molecular flexibility index (Phi) is 5.97. The molecule has 1 saturated heterocycles. The minimum Gasteiger partial charge on any atom is -0.493 e. The first kappa shape index (κ1) is 19.9. The molecule has 3 heterocycles. The molecule has 1 N–H and O–H groups in total. The number of carbonyl (C=O) groups is 1. The summed E-state index contributed by atoms with van der Waals surface area (Å²) in [6.07, 6.45) is 6.88. The fourth-order valence-electron chi connectivity index (χ4n) is 3.74. The zero-order valence-corrected chi connectivity index (χ0v) is 17.3. The Balaban J connectivity index is 1.43. The normalized spacial score (nSPS) is 14.0. The van der Waals surface area contributed by atoms with Gasteiger partial charge in [0.15, 0.2) is 17.1 Å². The van der Waals surface area contributed by atoms with Crippen molar-refractivity contribution in [1.29, 1.82) is 0 Å². The second-order valence-electron chi connectivity index (χ2n) is 7.25. The molecular weight excluding hydrogens is 384 g/mol. The molecule has 4 rings (SSSR count). The highest BCUT2D eigenvalue weighted by molar-refractivity contribution is 5.87. The lowest BCUT2D eigenvalue weighted by molar-refractivity contribution is -0.121. The van der Waals surface area contributed by atoms with Crippen molar-refractivity contribution in [1.82, 2.24) is 25.1 Å². The number of carbonyl (C=O) groups excluding carboxylic acids is 1. The number of rotatable bonds is 7. The highest BCUT2D eigenvalue weighted by Crippen LogP contribution is 2.27. The Labute approximate surface area is 175 Å². The molecule has 3 aromatic rings. The molecule has 0 unspecified atom stereocenters. The third-order valence-corrected chi connectivity index (χ3v) is 5.30. The number of aromatic nitrogens is 4. The van der Waals surface area contributed by atoms with Gasteiger partial charge in [0.25, 0.3) is 0 Å². The number of nitrogens with one attached hydrogen (secondary N) is 1. The summed E-state index contributed by atoms with van der Waals surface area (Å²) < 4.78 is 12.2. The second kappa shape index (κ2) is 8.98. The Morgan fingerprint density at radius 2 is 1.90 bits per heavy atom. The quantitative estimate of drug-likeness (QED) is 0.638. The van der Waals surface area contributed by atoms with Gasteiger partial charge in [0.05, 0.1) is 25.8 Å². The molecule has 0 atom stereocenters. The van der Waals surface area contributed by atoms with Gasteiger partial charge in [-0.05, 0) is 37.0 Å². The van der Waals surface area contributed by atoms with Crippen molar-refractivity contribution in [2.24, 2.45) is 0 Å². The highest BCUT2D eigenvalue weighted by atomic mass is 16.5. The molecule has 0 saturated carbocycles. The average molecular weight is 410 g/mol. The minimum absolute atomic E-state index is 0.0905. The second-order valence-corrected chi connectivity index (χ2v) is 7.25. The van der Waals surface area contributed by atoms with Gasteiger partial charge in [0, 0.05) is 19.6 Å². The maximum absolute atomic E-state index is 12.5. The van der Waals surface area contributed by atoms with E-state index in [0.717, 1.165) is 42.7 Å². The van der Waals surface area contributed by atoms with Crippen molar-refractivity contribution in [2.45, 2.75) is 32.4 Å². The summed E-state index contributed by atoms with van der Waals surface area (Å²) in [6.45, 7) is 2.45. The van der Waals surface area contributed by atoms with Crippen LogP contribution in [-0.4, -0.2) is 53.0 Å². The SMILES string of the molecule is COc1ccc(CNC(=O)Cn2ncc3c(N4CCCCC4)ncnc32)cc1OC. The number of fused-ring (bicyclic) bond motifs is 1. The van der Waals surface area contributed by atoms with Crippen LogP contribution in [0.4, 0.5) is 5.82 Å². The molecule has 30 heavy (non-hydrogen) atoms. The molecule has 1 aliphatic heterocycles. The number of benzene rings is 1. The van der Waals surface area contributed by atoms with Gasteiger partial charge in [-0.3, -0.25) is 4.79 Å². The van der Waals surface area contributed by atoms with Crippen molar-refractivity contribution in [3.05, 3.63) is 36.3 Å². The van der Waals surface area contributed by atoms with Gasteiger partial charge in [0.2, 0.25) is 5.91 Å². The van der Waals surface area contributed by atoms with Gasteiger partial charge in [-0.2, -0.15) is 5.10 Å². The first-order valence-electron chi connectivity index (χ1n) is 10.1. The van der Waals surface area contributed by atoms with Crippen LogP contribution in [0.25, 0.3) is 11.0 Å². The molecule has 0 spiro atoms. The molecule has 1 aliphatic rings. The number of piperidine rings is 1. The summed E-state index contributed by atoms with van der Waals surface area (Å²) in [5.41, 5.74) is 1.59. The van der Waals surface area contributed by atoms with Crippen molar-refractivity contribution in [3.63, 3.8) is 0 Å². The van der Waals surface area contributed by atoms with Crippen LogP contribution in [0, 0.1) is 0 Å². The van der Waals surface area contributed by atoms with Crippen LogP contribution in [0.15, 0.2) is 30.7 Å². The number of nitrogens with zero attached hydrogens (tertiary/aromatic N) is 5. The Morgan fingerprint density at radius 3 is 2.67 bits per heavy atom. The van der Waals surface area contributed by atoms with E-state index in [2.05, 4.69) is 25.3 Å². The molecule has 1 amide bonds. The van der Waals surface area contributed by atoms with Crippen LogP contribution in [0.2, 0.25) is 0 Å². The molecule has 1 fully saturated rings. The number of hydrogen-bond acceptors (Lipinski definition) is 7. The Morgan fingerprint density at radius 1 is 1.10 bits per heavy atom. The van der Waals surface area contributed by atoms with E-state index in [4.69, 9.17) is 9.47 Å². The number of methoxy groups -OCH3 is 2. The number of anilines is 1. The first-order valence-corrected chi connectivity index (χ1v) is 10.1. The lowest BCUT2D eigenvalue weighted by atomic mass is 10.1. The standard InChI is InChI=1S/C21H26N6O3/c1-29-17-7-6-15(10-18(17)30-2)11-22-19(28)13-27-21-16(12-25-27)20(23-14-24-21)26-8-4-3-5-9-26/h6-7,10,12,14H,3-5,8-9,11,13H2,1-2H3,(H,22,28). The molecule has 1 aromatic carbocycles. The van der Waals surface area contributed by atoms with E-state index in [-0.39, 0.29) is 12.5 Å². The van der Waals surface area contributed by atoms with E-state index in [1.165, 1.54) is 6.42 Å². The van der Waals surface area contributed by atoms with Crippen molar-refractivity contribution < 1.29 is 14.3 Å². The average Bonchev–Trinajstić information content (AvgIpc) is 3.20. The van der Waals surface area contributed by atoms with E-state index < -0.39 is 0 Å². The van der Waals surface area contributed by atoms with E-state index in [1.807, 2.05) is 18.2 Å². The predicted octanol–water partition coefficient (Wildman–Crippen LogP) is 2.15. The summed E-state index contributed by atoms with van der Waals surface area (Å²) >= 11 is 0. The van der Waals surface area contributed by atoms with Gasteiger partial charge in [-0.15, -0.1) is 0 Å². The van der Waals surface area contributed by atoms with E-state index in [1.54, 1.807) is 31.4 Å². The lowest BCUT2D eigenvalue weighted by Gasteiger charge is -2.27. The summed E-state index contributed by atoms with van der Waals surface area (Å²) in [5.74, 6) is 2.04. The molecule has 9 heteroatoms. The largest absolute Gasteiger partial charge is 0.493 e. The van der Waals surface area contributed by atoms with Gasteiger partial charge >= 0.3 is 0 Å². The van der Waals surface area contributed by atoms with Crippen LogP contribution in [0.5, 0.6) is 11.5 Å². The number of ether oxygens (including phenoxy) is 2. The molecule has 0 radical (unpaired) electrons. The molecule has 158 valence electrons. The van der Waals surface area contributed by atoms with Crippen LogP contribution in [0.1, 0.15) is 24.8 Å². The van der Waals surface area contributed by atoms with Gasteiger partial charge < -0.3 is 19.7 Å². The zero-order valence-electron chi connectivity index (χ0n) is 17.3. The van der Waals surface area contributed by atoms with Crippen LogP contribution < -0.4 is 19.7 Å². The summed E-state index contributed by atoms with van der Waals surface area (Å²) in [6, 6.07) is 5.56. The van der Waals surface area contributed by atoms with E-state index >= 15 is 0 Å². The fraction of sp³-hybridized carbons (Fsp3) is 0.429. The topological polar surface area (TPSA) is 94.4 Å². The van der Waals surface area contributed by atoms with Crippen LogP contribution in [-0.2, 0) is 17.9 Å². The van der Waals surface area contributed by atoms with Crippen LogP contribution in [0.3, 0.4) is 0 Å². The van der Waals surface area contributed by atoms with Crippen LogP contribution >= 0.6 is 0 Å². The van der Waals surface area contributed by atoms with Gasteiger partial charge in [0.1, 0.15) is 18.7 Å². The fourth-order valence-corrected chi connectivity index (χ4v) is 3.74. The summed E-state index contributed by atoms with van der Waals surface area (Å²) in [5, 5.41) is 8.19. The number of hydrogen-bond donors (Lipinski definition) is 1. The predicted molar refractivity (Wildman–Crippen MR) is 113 cm³/mol. The van der Waals surface area contributed by atoms with E-state index in [0.29, 0.717) is 23.7 Å². The minimum atomic E-state index is -0.145. The monoisotopic (exact) mass is 410 g/mol. The maximum Gasteiger partial charge on any atom is 0.242 e. The molecular formula is C21H26N6O3. The van der Waals surface area contributed by atoms with Crippen molar-refractivity contribution in [3.8, 4) is 11.5 Å². The lowest BCUT2D eigenvalue weighted by Crippen LogP contribution is -2.30. The van der Waals surface area contributed by atoms with Gasteiger partial charge in [-0.1, -0.05) is 6.07 Å². The van der Waals surface area contributed by atoms with Crippen molar-refractivity contribution >= 4 is 22.8 Å². The van der Waals surface area contributed by atoms with E-state index in [9.17, 15) is 4.79 Å². The smallest absolute Gasteiger partial charge is 0.242 e. The molecule has 0 bridgehead atoms. The molecule has 2 aromatic heterocycles. The zero-order chi connectivity index (χ0) is 20.9. The Hall–Kier alpha value is -3.36. The summed E-state index contributed by atoms with van der Waals surface area (Å²) in [4.78, 5) is 23.6. The third-order valence-electron chi connectivity index (χ3n) is 5.30. The Bertz CT molecular complexity index is 1030. The first-order chi connectivity index (χ1) is 14.7. The molecule has 0 aliphatic carbocycles. The highest BCUT2D eigenvalue weighted by Gasteiger charge is 2.18. The third kappa shape index (κ3) is 4.14. The summed E-state index contributed by atoms with van der Waals surface area (Å²) in [7, 11) is 3.18. The van der Waals surface area contributed by atoms with Crippen molar-refractivity contribution in [2.75, 3.05) is 32.2 Å². The maximum atomic E-state index is 12.5.